The van der Waals surface area contributed by atoms with Crippen LogP contribution in [-0.4, -0.2) is 30.7 Å². The van der Waals surface area contributed by atoms with E-state index in [4.69, 9.17) is 0 Å². The van der Waals surface area contributed by atoms with Gasteiger partial charge in [-0.3, -0.25) is 14.4 Å². The molecule has 0 fully saturated rings. The van der Waals surface area contributed by atoms with E-state index in [1.54, 1.807) is 31.2 Å². The lowest BCUT2D eigenvalue weighted by Crippen LogP contribution is -2.34. The van der Waals surface area contributed by atoms with Crippen LogP contribution in [0.1, 0.15) is 43.7 Å². The average Bonchev–Trinajstić information content (AvgIpc) is 3.08. The van der Waals surface area contributed by atoms with Gasteiger partial charge < -0.3 is 10.6 Å². The lowest BCUT2D eigenvalue weighted by Gasteiger charge is -2.13. The number of rotatable bonds is 6. The summed E-state index contributed by atoms with van der Waals surface area (Å²) in [6.45, 7) is 1.78. The second-order valence-electron chi connectivity index (χ2n) is 5.14. The molecule has 0 radical (unpaired) electrons. The summed E-state index contributed by atoms with van der Waals surface area (Å²) < 4.78 is 0. The number of amides is 2. The lowest BCUT2D eigenvalue weighted by molar-refractivity contribution is 0.0919. The van der Waals surface area contributed by atoms with Gasteiger partial charge >= 0.3 is 0 Å². The zero-order valence-electron chi connectivity index (χ0n) is 13.0. The van der Waals surface area contributed by atoms with Crippen molar-refractivity contribution in [3.05, 3.63) is 57.8 Å². The van der Waals surface area contributed by atoms with Crippen molar-refractivity contribution < 1.29 is 14.4 Å². The van der Waals surface area contributed by atoms with Gasteiger partial charge in [0.25, 0.3) is 11.8 Å². The summed E-state index contributed by atoms with van der Waals surface area (Å²) in [5.74, 6) is -0.547. The van der Waals surface area contributed by atoms with Crippen LogP contribution in [0.3, 0.4) is 0 Å². The second-order valence-corrected chi connectivity index (χ2v) is 6.09. The first-order valence-corrected chi connectivity index (χ1v) is 8.09. The van der Waals surface area contributed by atoms with Crippen LogP contribution in [0.5, 0.6) is 0 Å². The number of ketones is 1. The molecule has 2 N–H and O–H groups in total. The minimum absolute atomic E-state index is 0.00640. The predicted molar refractivity (Wildman–Crippen MR) is 90.0 cm³/mol. The van der Waals surface area contributed by atoms with Gasteiger partial charge in [0.2, 0.25) is 0 Å². The smallest absolute Gasteiger partial charge is 0.251 e. The Bertz CT molecular complexity index is 710. The van der Waals surface area contributed by atoms with Gasteiger partial charge in [-0.05, 0) is 36.6 Å². The largest absolute Gasteiger partial charge is 0.355 e. The van der Waals surface area contributed by atoms with Crippen molar-refractivity contribution in [3.8, 4) is 0 Å². The predicted octanol–water partition coefficient (Wildman–Crippen LogP) is 2.50. The summed E-state index contributed by atoms with van der Waals surface area (Å²) >= 11 is 1.39. The Kier molecular flexibility index (Phi) is 5.65. The molecule has 0 spiro atoms. The molecule has 1 aromatic carbocycles. The molecule has 0 aliphatic heterocycles. The van der Waals surface area contributed by atoms with E-state index in [2.05, 4.69) is 10.6 Å². The molecule has 1 aromatic heterocycles. The van der Waals surface area contributed by atoms with Crippen LogP contribution in [0.15, 0.2) is 41.8 Å². The summed E-state index contributed by atoms with van der Waals surface area (Å²) in [5.41, 5.74) is 0.809. The zero-order valence-corrected chi connectivity index (χ0v) is 13.8. The first kappa shape index (κ1) is 16.9. The van der Waals surface area contributed by atoms with Gasteiger partial charge in [0, 0.05) is 30.6 Å². The fraction of sp³-hybridized carbons (Fsp3) is 0.235. The van der Waals surface area contributed by atoms with Gasteiger partial charge in [-0.15, -0.1) is 11.3 Å². The molecular formula is C17H18N2O3S. The third-order valence-corrected chi connectivity index (χ3v) is 4.19. The molecule has 0 aliphatic carbocycles. The van der Waals surface area contributed by atoms with Crippen LogP contribution < -0.4 is 10.6 Å². The molecular weight excluding hydrogens is 312 g/mol. The molecule has 5 nitrogen and oxygen atoms in total. The van der Waals surface area contributed by atoms with E-state index in [0.29, 0.717) is 16.0 Å². The highest BCUT2D eigenvalue weighted by molar-refractivity contribution is 7.12. The fourth-order valence-corrected chi connectivity index (χ4v) is 2.80. The number of thiophene rings is 1. The average molecular weight is 330 g/mol. The van der Waals surface area contributed by atoms with Crippen molar-refractivity contribution in [2.45, 2.75) is 19.4 Å². The van der Waals surface area contributed by atoms with E-state index in [1.165, 1.54) is 24.5 Å². The SMILES string of the molecule is CNC(=O)c1cccc(C(=O)N[C@@H](C)CC(=O)c2cccs2)c1. The Labute approximate surface area is 138 Å². The Morgan fingerprint density at radius 2 is 1.78 bits per heavy atom. The first-order chi connectivity index (χ1) is 11.0. The Morgan fingerprint density at radius 1 is 1.09 bits per heavy atom. The van der Waals surface area contributed by atoms with Crippen LogP contribution >= 0.6 is 11.3 Å². The summed E-state index contributed by atoms with van der Waals surface area (Å²) in [6, 6.07) is 9.76. The van der Waals surface area contributed by atoms with Gasteiger partial charge in [0.05, 0.1) is 4.88 Å². The number of nitrogens with one attached hydrogen (secondary N) is 2. The molecule has 2 aromatic rings. The van der Waals surface area contributed by atoms with E-state index in [0.717, 1.165) is 0 Å². The summed E-state index contributed by atoms with van der Waals surface area (Å²) in [5, 5.41) is 7.15. The minimum atomic E-state index is -0.303. The Balaban J connectivity index is 1.98. The van der Waals surface area contributed by atoms with Gasteiger partial charge in [-0.1, -0.05) is 12.1 Å². The van der Waals surface area contributed by atoms with Crippen LogP contribution in [-0.2, 0) is 0 Å². The van der Waals surface area contributed by atoms with Crippen molar-refractivity contribution in [2.24, 2.45) is 0 Å². The lowest BCUT2D eigenvalue weighted by atomic mass is 10.1. The quantitative estimate of drug-likeness (QED) is 0.799. The highest BCUT2D eigenvalue weighted by Gasteiger charge is 2.16. The Morgan fingerprint density at radius 3 is 2.39 bits per heavy atom. The maximum absolute atomic E-state index is 12.2. The van der Waals surface area contributed by atoms with E-state index in [-0.39, 0.29) is 30.1 Å². The van der Waals surface area contributed by atoms with Crippen molar-refractivity contribution >= 4 is 28.9 Å². The van der Waals surface area contributed by atoms with E-state index < -0.39 is 0 Å². The number of hydrogen-bond acceptors (Lipinski definition) is 4. The number of carbonyl (C=O) groups excluding carboxylic acids is 3. The van der Waals surface area contributed by atoms with Crippen molar-refractivity contribution in [2.75, 3.05) is 7.05 Å². The summed E-state index contributed by atoms with van der Waals surface area (Å²) in [6.07, 6.45) is 0.237. The highest BCUT2D eigenvalue weighted by atomic mass is 32.1. The van der Waals surface area contributed by atoms with Crippen molar-refractivity contribution in [1.29, 1.82) is 0 Å². The molecule has 120 valence electrons. The topological polar surface area (TPSA) is 75.3 Å². The number of benzene rings is 1. The van der Waals surface area contributed by atoms with Crippen molar-refractivity contribution in [3.63, 3.8) is 0 Å². The highest BCUT2D eigenvalue weighted by Crippen LogP contribution is 2.13. The van der Waals surface area contributed by atoms with Gasteiger partial charge in [0.15, 0.2) is 5.78 Å². The molecule has 0 aliphatic rings. The van der Waals surface area contributed by atoms with Gasteiger partial charge in [-0.2, -0.15) is 0 Å². The molecule has 6 heteroatoms. The maximum Gasteiger partial charge on any atom is 0.251 e. The van der Waals surface area contributed by atoms with E-state index in [9.17, 15) is 14.4 Å². The molecule has 23 heavy (non-hydrogen) atoms. The molecule has 0 unspecified atom stereocenters. The molecule has 0 saturated carbocycles. The first-order valence-electron chi connectivity index (χ1n) is 7.21. The molecule has 0 saturated heterocycles. The molecule has 1 atom stereocenters. The maximum atomic E-state index is 12.2. The van der Waals surface area contributed by atoms with Crippen LogP contribution in [0.25, 0.3) is 0 Å². The summed E-state index contributed by atoms with van der Waals surface area (Å²) in [4.78, 5) is 36.5. The second kappa shape index (κ2) is 7.69. The number of carbonyl (C=O) groups is 3. The van der Waals surface area contributed by atoms with Gasteiger partial charge in [-0.25, -0.2) is 0 Å². The van der Waals surface area contributed by atoms with Gasteiger partial charge in [0.1, 0.15) is 0 Å². The fourth-order valence-electron chi connectivity index (χ4n) is 2.12. The summed E-state index contributed by atoms with van der Waals surface area (Å²) in [7, 11) is 1.54. The van der Waals surface area contributed by atoms with E-state index >= 15 is 0 Å². The normalized spacial score (nSPS) is 11.6. The molecule has 0 bridgehead atoms. The van der Waals surface area contributed by atoms with E-state index in [1.807, 2.05) is 11.4 Å². The minimum Gasteiger partial charge on any atom is -0.355 e. The van der Waals surface area contributed by atoms with Crippen LogP contribution in [0.2, 0.25) is 0 Å². The standard InChI is InChI=1S/C17H18N2O3S/c1-11(9-14(20)15-7-4-8-23-15)19-17(22)13-6-3-5-12(10-13)16(21)18-2/h3-8,10-11H,9H2,1-2H3,(H,18,21)(H,19,22)/t11-/m0/s1. The number of hydrogen-bond donors (Lipinski definition) is 2. The number of Topliss-reactive ketones (excluding diaryl/α,β-unsaturated/α-hetero) is 1. The van der Waals surface area contributed by atoms with Crippen LogP contribution in [0.4, 0.5) is 0 Å². The molecule has 2 amide bonds. The monoisotopic (exact) mass is 330 g/mol. The van der Waals surface area contributed by atoms with Crippen LogP contribution in [0, 0.1) is 0 Å². The third kappa shape index (κ3) is 4.50. The molecule has 2 rings (SSSR count). The third-order valence-electron chi connectivity index (χ3n) is 3.28. The molecule has 1 heterocycles. The Hall–Kier alpha value is -2.47. The van der Waals surface area contributed by atoms with Crippen molar-refractivity contribution in [1.82, 2.24) is 10.6 Å². The zero-order chi connectivity index (χ0) is 16.8.